The fourth-order valence-electron chi connectivity index (χ4n) is 5.25. The van der Waals surface area contributed by atoms with Gasteiger partial charge in [-0.25, -0.2) is 0 Å². The van der Waals surface area contributed by atoms with Crippen LogP contribution in [0.2, 0.25) is 0 Å². The van der Waals surface area contributed by atoms with Gasteiger partial charge in [-0.05, 0) is 0 Å². The molecule has 1 aromatic heterocycles. The number of fused-ring (bicyclic) bond motifs is 1. The van der Waals surface area contributed by atoms with Crippen molar-refractivity contribution in [2.24, 2.45) is 0 Å². The van der Waals surface area contributed by atoms with Gasteiger partial charge in [0.15, 0.2) is 0 Å². The Morgan fingerprint density at radius 1 is 0.317 bits per heavy atom. The predicted octanol–water partition coefficient (Wildman–Crippen LogP) is 8.15. The van der Waals surface area contributed by atoms with Crippen molar-refractivity contribution in [3.8, 4) is 56.4 Å². The number of nitrogens with zero attached hydrogens (tertiary/aromatic N) is 3. The standard InChI is InChI=1S/C37H24N3Se/c41-34-28(25-13-4-1-5-14-25)21-12-22-32(34)31-23-24-33(30-20-11-10-19-29(30)31)37-39-35(26-15-6-2-7-16-26)38-36(40-37)27-17-8-3-9-18-27/h1-24H. The third-order valence-corrected chi connectivity index (χ3v) is 8.18. The van der Waals surface area contributed by atoms with E-state index >= 15 is 0 Å². The van der Waals surface area contributed by atoms with E-state index < -0.39 is 0 Å². The molecule has 0 saturated carbocycles. The van der Waals surface area contributed by atoms with Crippen LogP contribution in [0.1, 0.15) is 0 Å². The van der Waals surface area contributed by atoms with E-state index in [0.29, 0.717) is 17.5 Å². The summed E-state index contributed by atoms with van der Waals surface area (Å²) in [5, 5.41) is 2.24. The molecular weight excluding hydrogens is 565 g/mol. The first kappa shape index (κ1) is 25.1. The van der Waals surface area contributed by atoms with Crippen LogP contribution in [0, 0.1) is 0 Å². The molecule has 4 heteroatoms. The van der Waals surface area contributed by atoms with Gasteiger partial charge in [0.05, 0.1) is 0 Å². The van der Waals surface area contributed by atoms with E-state index in [1.807, 2.05) is 66.7 Å². The maximum atomic E-state index is 4.99. The van der Waals surface area contributed by atoms with Gasteiger partial charge in [-0.3, -0.25) is 0 Å². The zero-order valence-electron chi connectivity index (χ0n) is 22.1. The summed E-state index contributed by atoms with van der Waals surface area (Å²) >= 11 is 3.37. The molecule has 0 fully saturated rings. The summed E-state index contributed by atoms with van der Waals surface area (Å²) in [7, 11) is 0. The molecule has 0 bridgehead atoms. The molecule has 0 spiro atoms. The molecule has 0 aliphatic rings. The van der Waals surface area contributed by atoms with Crippen LogP contribution in [-0.2, 0) is 0 Å². The van der Waals surface area contributed by atoms with Crippen molar-refractivity contribution in [1.82, 2.24) is 15.0 Å². The van der Waals surface area contributed by atoms with Gasteiger partial charge in [0, 0.05) is 0 Å². The van der Waals surface area contributed by atoms with Gasteiger partial charge in [0.25, 0.3) is 0 Å². The molecule has 0 N–H and O–H groups in total. The SMILES string of the molecule is [Se]c1c(-c2ccccc2)cccc1-c1ccc(-c2nc(-c3ccccc3)nc(-c3ccccc3)n2)c2ccccc12. The molecule has 193 valence electrons. The van der Waals surface area contributed by atoms with Gasteiger partial charge in [0.2, 0.25) is 0 Å². The zero-order valence-corrected chi connectivity index (χ0v) is 23.8. The van der Waals surface area contributed by atoms with Crippen molar-refractivity contribution in [3.63, 3.8) is 0 Å². The molecule has 0 aliphatic heterocycles. The Morgan fingerprint density at radius 3 is 1.34 bits per heavy atom. The zero-order chi connectivity index (χ0) is 27.6. The molecule has 0 atom stereocenters. The normalized spacial score (nSPS) is 11.0. The summed E-state index contributed by atoms with van der Waals surface area (Å²) in [5.74, 6) is 1.97. The molecule has 1 radical (unpaired) electrons. The first-order valence-corrected chi connectivity index (χ1v) is 14.4. The molecule has 6 aromatic carbocycles. The molecular formula is C37H24N3Se. The quantitative estimate of drug-likeness (QED) is 0.190. The van der Waals surface area contributed by atoms with Crippen molar-refractivity contribution in [1.29, 1.82) is 0 Å². The van der Waals surface area contributed by atoms with Crippen LogP contribution in [0.25, 0.3) is 67.2 Å². The van der Waals surface area contributed by atoms with Crippen molar-refractivity contribution in [2.45, 2.75) is 0 Å². The summed E-state index contributed by atoms with van der Waals surface area (Å²) in [6.07, 6.45) is 0. The average molecular weight is 590 g/mol. The Bertz CT molecular complexity index is 1930. The van der Waals surface area contributed by atoms with Crippen molar-refractivity contribution in [2.75, 3.05) is 0 Å². The molecule has 7 rings (SSSR count). The molecule has 0 aliphatic carbocycles. The molecule has 0 amide bonds. The molecule has 0 unspecified atom stereocenters. The van der Waals surface area contributed by atoms with E-state index in [2.05, 4.69) is 94.9 Å². The van der Waals surface area contributed by atoms with Crippen molar-refractivity contribution in [3.05, 3.63) is 146 Å². The number of rotatable bonds is 5. The Labute approximate surface area is 247 Å². The van der Waals surface area contributed by atoms with Gasteiger partial charge in [0.1, 0.15) is 0 Å². The number of hydrogen-bond donors (Lipinski definition) is 0. The van der Waals surface area contributed by atoms with E-state index in [1.54, 1.807) is 0 Å². The second-order valence-corrected chi connectivity index (χ2v) is 10.6. The topological polar surface area (TPSA) is 38.7 Å². The average Bonchev–Trinajstić information content (AvgIpc) is 3.05. The molecule has 41 heavy (non-hydrogen) atoms. The third kappa shape index (κ3) is 4.85. The number of aromatic nitrogens is 3. The predicted molar refractivity (Wildman–Crippen MR) is 170 cm³/mol. The molecule has 1 heterocycles. The van der Waals surface area contributed by atoms with Gasteiger partial charge < -0.3 is 0 Å². The number of benzene rings is 6. The van der Waals surface area contributed by atoms with Crippen molar-refractivity contribution < 1.29 is 0 Å². The maximum absolute atomic E-state index is 4.99. The molecule has 7 aromatic rings. The fraction of sp³-hybridized carbons (Fsp3) is 0. The van der Waals surface area contributed by atoms with E-state index in [4.69, 9.17) is 15.0 Å². The van der Waals surface area contributed by atoms with E-state index in [1.165, 1.54) is 16.7 Å². The summed E-state index contributed by atoms with van der Waals surface area (Å²) in [5.41, 5.74) is 7.60. The van der Waals surface area contributed by atoms with Crippen LogP contribution >= 0.6 is 0 Å². The Kier molecular flexibility index (Phi) is 6.70. The molecule has 3 nitrogen and oxygen atoms in total. The Hall–Kier alpha value is -4.89. The molecule has 0 saturated heterocycles. The van der Waals surface area contributed by atoms with Crippen molar-refractivity contribution >= 4 is 31.2 Å². The van der Waals surface area contributed by atoms with E-state index in [-0.39, 0.29) is 0 Å². The van der Waals surface area contributed by atoms with Gasteiger partial charge in [-0.15, -0.1) is 0 Å². The second-order valence-electron chi connectivity index (χ2n) is 9.79. The minimum absolute atomic E-state index is 0.654. The number of hydrogen-bond acceptors (Lipinski definition) is 3. The van der Waals surface area contributed by atoms with Crippen LogP contribution in [0.3, 0.4) is 0 Å². The first-order chi connectivity index (χ1) is 20.3. The summed E-state index contributed by atoms with van der Waals surface area (Å²) < 4.78 is 1.13. The second kappa shape index (κ2) is 10.9. The van der Waals surface area contributed by atoms with Crippen LogP contribution in [0.15, 0.2) is 146 Å². The Morgan fingerprint density at radius 2 is 0.756 bits per heavy atom. The van der Waals surface area contributed by atoms with Crippen LogP contribution in [-0.4, -0.2) is 31.0 Å². The first-order valence-electron chi connectivity index (χ1n) is 13.5. The van der Waals surface area contributed by atoms with Gasteiger partial charge in [-0.1, -0.05) is 12.1 Å². The van der Waals surface area contributed by atoms with Crippen LogP contribution in [0.5, 0.6) is 0 Å². The van der Waals surface area contributed by atoms with Gasteiger partial charge in [-0.2, -0.15) is 0 Å². The Balaban J connectivity index is 1.43. The summed E-state index contributed by atoms with van der Waals surface area (Å²) in [6.45, 7) is 0. The van der Waals surface area contributed by atoms with E-state index in [9.17, 15) is 0 Å². The third-order valence-electron chi connectivity index (χ3n) is 7.25. The van der Waals surface area contributed by atoms with E-state index in [0.717, 1.165) is 37.5 Å². The summed E-state index contributed by atoms with van der Waals surface area (Å²) in [4.78, 5) is 14.9. The summed E-state index contributed by atoms with van der Waals surface area (Å²) in [6, 6.07) is 50.0. The monoisotopic (exact) mass is 590 g/mol. The van der Waals surface area contributed by atoms with Crippen LogP contribution in [0.4, 0.5) is 0 Å². The minimum atomic E-state index is 0.654. The van der Waals surface area contributed by atoms with Gasteiger partial charge >= 0.3 is 236 Å². The fourth-order valence-corrected chi connectivity index (χ4v) is 6.02. The van der Waals surface area contributed by atoms with Crippen LogP contribution < -0.4 is 4.46 Å².